The second kappa shape index (κ2) is 11.0. The zero-order chi connectivity index (χ0) is 24.6. The molecule has 7 heteroatoms. The molecule has 0 fully saturated rings. The number of carbonyl (C=O) groups is 2. The normalized spacial score (nSPS) is 10.9. The van der Waals surface area contributed by atoms with Crippen LogP contribution in [0.15, 0.2) is 91.1 Å². The predicted molar refractivity (Wildman–Crippen MR) is 134 cm³/mol. The summed E-state index contributed by atoms with van der Waals surface area (Å²) in [5, 5.41) is 13.9. The smallest absolute Gasteiger partial charge is 0.337 e. The minimum atomic E-state index is -1.10. The maximum Gasteiger partial charge on any atom is 0.337 e. The van der Waals surface area contributed by atoms with Crippen molar-refractivity contribution in [3.8, 4) is 17.4 Å². The lowest BCUT2D eigenvalue weighted by Gasteiger charge is -2.09. The van der Waals surface area contributed by atoms with Crippen LogP contribution in [-0.2, 0) is 11.2 Å². The molecule has 0 aliphatic rings. The number of hydrogen-bond acceptors (Lipinski definition) is 5. The maximum atomic E-state index is 12.4. The number of aromatic carboxylic acids is 1. The third-order valence-corrected chi connectivity index (χ3v) is 5.18. The lowest BCUT2D eigenvalue weighted by atomic mass is 10.1. The third-order valence-electron chi connectivity index (χ3n) is 5.18. The average Bonchev–Trinajstić information content (AvgIpc) is 2.85. The number of allylic oxidation sites excluding steroid dienone is 1. The van der Waals surface area contributed by atoms with Crippen molar-refractivity contribution in [3.63, 3.8) is 0 Å². The number of nitrogens with zero attached hydrogens (tertiary/aromatic N) is 1. The summed E-state index contributed by atoms with van der Waals surface area (Å²) in [5.74, 6) is 0.407. The molecule has 0 bridgehead atoms. The first-order valence-corrected chi connectivity index (χ1v) is 11.0. The van der Waals surface area contributed by atoms with Gasteiger partial charge in [-0.2, -0.15) is 0 Å². The van der Waals surface area contributed by atoms with E-state index in [2.05, 4.69) is 10.3 Å². The number of carboxylic acids is 1. The molecule has 7 nitrogen and oxygen atoms in total. The summed E-state index contributed by atoms with van der Waals surface area (Å²) < 4.78 is 11.6. The first kappa shape index (κ1) is 23.5. The van der Waals surface area contributed by atoms with Crippen LogP contribution in [0, 0.1) is 0 Å². The molecule has 176 valence electrons. The van der Waals surface area contributed by atoms with Crippen LogP contribution in [0.4, 0.5) is 5.69 Å². The highest BCUT2D eigenvalue weighted by atomic mass is 16.5. The number of ether oxygens (including phenoxy) is 2. The van der Waals surface area contributed by atoms with E-state index in [9.17, 15) is 14.7 Å². The number of amides is 1. The van der Waals surface area contributed by atoms with Gasteiger partial charge in [0.05, 0.1) is 17.7 Å². The topological polar surface area (TPSA) is 97.8 Å². The summed E-state index contributed by atoms with van der Waals surface area (Å²) in [4.78, 5) is 28.0. The first-order valence-electron chi connectivity index (χ1n) is 11.0. The van der Waals surface area contributed by atoms with E-state index >= 15 is 0 Å². The Balaban J connectivity index is 1.37. The molecular formula is C28H24N2O5. The van der Waals surface area contributed by atoms with Crippen LogP contribution in [0.5, 0.6) is 17.4 Å². The van der Waals surface area contributed by atoms with E-state index in [1.807, 2.05) is 55.5 Å². The van der Waals surface area contributed by atoms with Gasteiger partial charge in [0, 0.05) is 12.3 Å². The minimum absolute atomic E-state index is 0.0375. The van der Waals surface area contributed by atoms with Crippen molar-refractivity contribution in [1.29, 1.82) is 0 Å². The van der Waals surface area contributed by atoms with Gasteiger partial charge < -0.3 is 19.9 Å². The number of nitrogens with one attached hydrogen (secondary N) is 1. The van der Waals surface area contributed by atoms with Crippen LogP contribution in [0.2, 0.25) is 0 Å². The zero-order valence-corrected chi connectivity index (χ0v) is 19.1. The molecule has 0 spiro atoms. The van der Waals surface area contributed by atoms with Gasteiger partial charge in [-0.15, -0.1) is 0 Å². The number of para-hydroxylation sites is 1. The Bertz CT molecular complexity index is 1380. The van der Waals surface area contributed by atoms with Crippen molar-refractivity contribution < 1.29 is 24.2 Å². The Hall–Kier alpha value is -4.65. The van der Waals surface area contributed by atoms with E-state index in [1.54, 1.807) is 36.5 Å². The molecule has 4 rings (SSSR count). The van der Waals surface area contributed by atoms with E-state index < -0.39 is 5.97 Å². The van der Waals surface area contributed by atoms with Gasteiger partial charge in [-0.25, -0.2) is 9.78 Å². The Morgan fingerprint density at radius 3 is 2.43 bits per heavy atom. The highest BCUT2D eigenvalue weighted by molar-refractivity contribution is 6.01. The molecule has 1 heterocycles. The van der Waals surface area contributed by atoms with E-state index in [0.717, 1.165) is 16.5 Å². The van der Waals surface area contributed by atoms with Crippen LogP contribution < -0.4 is 14.8 Å². The molecule has 2 N–H and O–H groups in total. The van der Waals surface area contributed by atoms with Crippen LogP contribution >= 0.6 is 0 Å². The highest BCUT2D eigenvalue weighted by Gasteiger charge is 2.12. The number of anilines is 1. The van der Waals surface area contributed by atoms with Gasteiger partial charge in [0.2, 0.25) is 11.8 Å². The fourth-order valence-electron chi connectivity index (χ4n) is 3.45. The molecular weight excluding hydrogens is 444 g/mol. The van der Waals surface area contributed by atoms with Gasteiger partial charge >= 0.3 is 5.97 Å². The molecule has 4 aromatic rings. The Morgan fingerprint density at radius 1 is 0.971 bits per heavy atom. The monoisotopic (exact) mass is 468 g/mol. The van der Waals surface area contributed by atoms with Gasteiger partial charge in [-0.1, -0.05) is 42.5 Å². The molecule has 3 aromatic carbocycles. The standard InChI is InChI=1S/C28H24N2O5/c1-2-3-14-34-22-11-9-21-17-23(12-10-20(21)16-22)35-27-13-8-19(18-29-27)15-26(31)30-25-7-5-4-6-24(25)28(32)33/h2-13,16-18H,14-15H2,1H3,(H,30,31)(H,32,33). The molecule has 0 saturated heterocycles. The minimum Gasteiger partial charge on any atom is -0.490 e. The van der Waals surface area contributed by atoms with Crippen LogP contribution in [0.3, 0.4) is 0 Å². The summed E-state index contributed by atoms with van der Waals surface area (Å²) in [7, 11) is 0. The highest BCUT2D eigenvalue weighted by Crippen LogP contribution is 2.27. The van der Waals surface area contributed by atoms with Crippen molar-refractivity contribution >= 4 is 28.3 Å². The predicted octanol–water partition coefficient (Wildman–Crippen LogP) is 5.86. The number of aromatic nitrogens is 1. The number of pyridine rings is 1. The van der Waals surface area contributed by atoms with Gasteiger partial charge in [-0.3, -0.25) is 4.79 Å². The van der Waals surface area contributed by atoms with Crippen molar-refractivity contribution in [3.05, 3.63) is 102 Å². The van der Waals surface area contributed by atoms with E-state index in [0.29, 0.717) is 23.8 Å². The Morgan fingerprint density at radius 2 is 1.71 bits per heavy atom. The fraction of sp³-hybridized carbons (Fsp3) is 0.107. The molecule has 0 aliphatic heterocycles. The second-order valence-corrected chi connectivity index (χ2v) is 7.73. The first-order chi connectivity index (χ1) is 17.0. The lowest BCUT2D eigenvalue weighted by Crippen LogP contribution is -2.16. The molecule has 0 unspecified atom stereocenters. The Kier molecular flexibility index (Phi) is 7.37. The molecule has 0 saturated carbocycles. The van der Waals surface area contributed by atoms with Crippen LogP contribution in [-0.4, -0.2) is 28.6 Å². The summed E-state index contributed by atoms with van der Waals surface area (Å²) in [6, 6.07) is 21.3. The molecule has 0 atom stereocenters. The molecule has 0 radical (unpaired) electrons. The van der Waals surface area contributed by atoms with E-state index in [-0.39, 0.29) is 23.6 Å². The number of rotatable bonds is 9. The maximum absolute atomic E-state index is 12.4. The number of hydrogen-bond donors (Lipinski definition) is 2. The third kappa shape index (κ3) is 6.23. The largest absolute Gasteiger partial charge is 0.490 e. The quantitative estimate of drug-likeness (QED) is 0.299. The van der Waals surface area contributed by atoms with E-state index in [4.69, 9.17) is 9.47 Å². The SMILES string of the molecule is CC=CCOc1ccc2cc(Oc3ccc(CC(=O)Nc4ccccc4C(=O)O)cn3)ccc2c1. The van der Waals surface area contributed by atoms with Crippen molar-refractivity contribution in [1.82, 2.24) is 4.98 Å². The molecule has 0 aliphatic carbocycles. The number of benzene rings is 3. The van der Waals surface area contributed by atoms with Crippen LogP contribution in [0.1, 0.15) is 22.8 Å². The summed E-state index contributed by atoms with van der Waals surface area (Å²) in [5.41, 5.74) is 0.966. The number of carbonyl (C=O) groups excluding carboxylic acids is 1. The summed E-state index contributed by atoms with van der Waals surface area (Å²) in [6.45, 7) is 2.48. The van der Waals surface area contributed by atoms with Crippen molar-refractivity contribution in [2.24, 2.45) is 0 Å². The van der Waals surface area contributed by atoms with Gasteiger partial charge in [0.1, 0.15) is 18.1 Å². The fourth-order valence-corrected chi connectivity index (χ4v) is 3.45. The van der Waals surface area contributed by atoms with Crippen molar-refractivity contribution in [2.45, 2.75) is 13.3 Å². The second-order valence-electron chi connectivity index (χ2n) is 7.73. The number of carboxylic acid groups (broad SMARTS) is 1. The summed E-state index contributed by atoms with van der Waals surface area (Å²) >= 11 is 0. The zero-order valence-electron chi connectivity index (χ0n) is 19.1. The average molecular weight is 469 g/mol. The van der Waals surface area contributed by atoms with Crippen LogP contribution in [0.25, 0.3) is 10.8 Å². The van der Waals surface area contributed by atoms with E-state index in [1.165, 1.54) is 6.07 Å². The number of fused-ring (bicyclic) bond motifs is 1. The Labute approximate surface area is 202 Å². The summed E-state index contributed by atoms with van der Waals surface area (Å²) in [6.07, 6.45) is 5.51. The van der Waals surface area contributed by atoms with Gasteiger partial charge in [0.25, 0.3) is 0 Å². The molecule has 35 heavy (non-hydrogen) atoms. The molecule has 1 amide bonds. The molecule has 1 aromatic heterocycles. The lowest BCUT2D eigenvalue weighted by molar-refractivity contribution is -0.115. The van der Waals surface area contributed by atoms with Gasteiger partial charge in [-0.05, 0) is 59.7 Å². The van der Waals surface area contributed by atoms with Crippen molar-refractivity contribution in [2.75, 3.05) is 11.9 Å². The van der Waals surface area contributed by atoms with Gasteiger partial charge in [0.15, 0.2) is 0 Å².